The molecular formula is C15H22F2N6O2. The fraction of sp³-hybridized carbons (Fsp3) is 0.667. The molecule has 10 heteroatoms. The normalized spacial score (nSPS) is 20.2. The van der Waals surface area contributed by atoms with Gasteiger partial charge in [-0.2, -0.15) is 5.10 Å². The van der Waals surface area contributed by atoms with Gasteiger partial charge in [-0.05, 0) is 5.92 Å². The maximum Gasteiger partial charge on any atom is 0.322 e. The summed E-state index contributed by atoms with van der Waals surface area (Å²) in [5.41, 5.74) is -0.248. The summed E-state index contributed by atoms with van der Waals surface area (Å²) in [5, 5.41) is 9.26. The second-order valence-electron chi connectivity index (χ2n) is 6.73. The number of nitrogens with one attached hydrogen (secondary N) is 2. The minimum Gasteiger partial charge on any atom is -0.336 e. The van der Waals surface area contributed by atoms with E-state index in [1.165, 1.54) is 15.8 Å². The van der Waals surface area contributed by atoms with Gasteiger partial charge in [-0.1, -0.05) is 13.8 Å². The Hall–Kier alpha value is -2.39. The largest absolute Gasteiger partial charge is 0.336 e. The number of rotatable bonds is 4. The highest BCUT2D eigenvalue weighted by molar-refractivity contribution is 5.90. The lowest BCUT2D eigenvalue weighted by atomic mass is 10.2. The number of hydrogen-bond donors (Lipinski definition) is 2. The monoisotopic (exact) mass is 356 g/mol. The average molecular weight is 356 g/mol. The number of aromatic nitrogens is 2. The van der Waals surface area contributed by atoms with E-state index in [0.717, 1.165) is 0 Å². The quantitative estimate of drug-likeness (QED) is 0.862. The van der Waals surface area contributed by atoms with Gasteiger partial charge in [-0.3, -0.25) is 4.68 Å². The Morgan fingerprint density at radius 1 is 1.44 bits per heavy atom. The van der Waals surface area contributed by atoms with Gasteiger partial charge in [0.15, 0.2) is 0 Å². The van der Waals surface area contributed by atoms with Crippen molar-refractivity contribution >= 4 is 17.7 Å². The highest BCUT2D eigenvalue weighted by atomic mass is 19.3. The fourth-order valence-electron chi connectivity index (χ4n) is 3.20. The van der Waals surface area contributed by atoms with Crippen LogP contribution in [0.1, 0.15) is 26.0 Å². The SMILES string of the molecule is CC(C)Cn1ncc(NC(=O)N2CCN3C(=O)NCC3C2)c1C(F)F. The molecule has 2 aliphatic rings. The summed E-state index contributed by atoms with van der Waals surface area (Å²) < 4.78 is 28.0. The van der Waals surface area contributed by atoms with Crippen molar-refractivity contribution < 1.29 is 18.4 Å². The van der Waals surface area contributed by atoms with Crippen molar-refractivity contribution in [2.75, 3.05) is 31.5 Å². The summed E-state index contributed by atoms with van der Waals surface area (Å²) in [6.45, 7) is 5.81. The Balaban J connectivity index is 1.69. The van der Waals surface area contributed by atoms with Crippen LogP contribution in [0.2, 0.25) is 0 Å². The Bertz CT molecular complexity index is 662. The van der Waals surface area contributed by atoms with E-state index in [1.807, 2.05) is 13.8 Å². The van der Waals surface area contributed by atoms with Gasteiger partial charge >= 0.3 is 12.1 Å². The first-order chi connectivity index (χ1) is 11.9. The molecule has 2 aliphatic heterocycles. The molecule has 1 aromatic rings. The number of urea groups is 2. The lowest BCUT2D eigenvalue weighted by Crippen LogP contribution is -2.54. The Labute approximate surface area is 144 Å². The predicted molar refractivity (Wildman–Crippen MR) is 86.5 cm³/mol. The van der Waals surface area contributed by atoms with E-state index in [-0.39, 0.29) is 29.4 Å². The minimum atomic E-state index is -2.73. The van der Waals surface area contributed by atoms with Crippen LogP contribution in [0.25, 0.3) is 0 Å². The number of amides is 4. The van der Waals surface area contributed by atoms with Crippen molar-refractivity contribution in [2.45, 2.75) is 32.9 Å². The summed E-state index contributed by atoms with van der Waals surface area (Å²) in [6, 6.07) is -0.657. The van der Waals surface area contributed by atoms with Gasteiger partial charge in [0.2, 0.25) is 0 Å². The Kier molecular flexibility index (Phi) is 4.78. The van der Waals surface area contributed by atoms with Crippen molar-refractivity contribution in [3.05, 3.63) is 11.9 Å². The average Bonchev–Trinajstić information content (AvgIpc) is 3.10. The first-order valence-corrected chi connectivity index (χ1v) is 8.31. The number of fused-ring (bicyclic) bond motifs is 1. The van der Waals surface area contributed by atoms with E-state index in [2.05, 4.69) is 15.7 Å². The highest BCUT2D eigenvalue weighted by Gasteiger charge is 2.37. The van der Waals surface area contributed by atoms with Gasteiger partial charge < -0.3 is 20.4 Å². The molecule has 2 fully saturated rings. The van der Waals surface area contributed by atoms with Crippen LogP contribution in [-0.4, -0.2) is 63.9 Å². The topological polar surface area (TPSA) is 82.5 Å². The minimum absolute atomic E-state index is 0.0312. The summed E-state index contributed by atoms with van der Waals surface area (Å²) >= 11 is 0. The molecule has 4 amide bonds. The zero-order valence-corrected chi connectivity index (χ0v) is 14.2. The van der Waals surface area contributed by atoms with Crippen molar-refractivity contribution in [3.8, 4) is 0 Å². The van der Waals surface area contributed by atoms with Gasteiger partial charge in [0.05, 0.1) is 17.9 Å². The molecule has 0 spiro atoms. The van der Waals surface area contributed by atoms with Crippen LogP contribution < -0.4 is 10.6 Å². The third kappa shape index (κ3) is 3.52. The third-order valence-electron chi connectivity index (χ3n) is 4.39. The van der Waals surface area contributed by atoms with Gasteiger partial charge in [-0.25, -0.2) is 18.4 Å². The summed E-state index contributed by atoms with van der Waals surface area (Å²) in [5.74, 6) is 0.154. The number of alkyl halides is 2. The molecule has 0 saturated carbocycles. The van der Waals surface area contributed by atoms with Gasteiger partial charge in [-0.15, -0.1) is 0 Å². The predicted octanol–water partition coefficient (Wildman–Crippen LogP) is 1.72. The van der Waals surface area contributed by atoms with E-state index in [9.17, 15) is 18.4 Å². The molecule has 2 saturated heterocycles. The van der Waals surface area contributed by atoms with E-state index >= 15 is 0 Å². The van der Waals surface area contributed by atoms with Crippen molar-refractivity contribution in [1.29, 1.82) is 0 Å². The molecule has 1 atom stereocenters. The molecule has 2 N–H and O–H groups in total. The lowest BCUT2D eigenvalue weighted by Gasteiger charge is -2.36. The number of halogens is 2. The molecule has 3 rings (SSSR count). The summed E-state index contributed by atoms with van der Waals surface area (Å²) in [7, 11) is 0. The highest BCUT2D eigenvalue weighted by Crippen LogP contribution is 2.28. The summed E-state index contributed by atoms with van der Waals surface area (Å²) in [6.07, 6.45) is -1.47. The van der Waals surface area contributed by atoms with Crippen molar-refractivity contribution in [1.82, 2.24) is 24.9 Å². The first kappa shape index (κ1) is 17.4. The van der Waals surface area contributed by atoms with E-state index in [4.69, 9.17) is 0 Å². The molecule has 3 heterocycles. The first-order valence-electron chi connectivity index (χ1n) is 8.31. The standard InChI is InChI=1S/C15H22F2N6O2/c1-9(2)7-23-12(13(16)17)11(6-19-23)20-15(25)21-3-4-22-10(8-21)5-18-14(22)24/h6,9-10,13H,3-5,7-8H2,1-2H3,(H,18,24)(H,20,25). The van der Waals surface area contributed by atoms with Crippen LogP contribution in [0.3, 0.4) is 0 Å². The number of anilines is 1. The van der Waals surface area contributed by atoms with Crippen LogP contribution in [0.4, 0.5) is 24.1 Å². The zero-order valence-electron chi connectivity index (χ0n) is 14.2. The smallest absolute Gasteiger partial charge is 0.322 e. The number of piperazine rings is 1. The second-order valence-corrected chi connectivity index (χ2v) is 6.73. The van der Waals surface area contributed by atoms with Gasteiger partial charge in [0.25, 0.3) is 6.43 Å². The van der Waals surface area contributed by atoms with Gasteiger partial charge in [0.1, 0.15) is 5.69 Å². The lowest BCUT2D eigenvalue weighted by molar-refractivity contribution is 0.134. The number of carbonyl (C=O) groups is 2. The molecule has 0 aliphatic carbocycles. The van der Waals surface area contributed by atoms with Gasteiger partial charge in [0, 0.05) is 32.7 Å². The van der Waals surface area contributed by atoms with Crippen LogP contribution in [0.15, 0.2) is 6.20 Å². The van der Waals surface area contributed by atoms with Crippen LogP contribution in [0, 0.1) is 5.92 Å². The summed E-state index contributed by atoms with van der Waals surface area (Å²) in [4.78, 5) is 27.3. The molecule has 0 radical (unpaired) electrons. The fourth-order valence-corrected chi connectivity index (χ4v) is 3.20. The molecule has 1 unspecified atom stereocenters. The molecule has 8 nitrogen and oxygen atoms in total. The zero-order chi connectivity index (χ0) is 18.1. The number of nitrogens with zero attached hydrogens (tertiary/aromatic N) is 4. The van der Waals surface area contributed by atoms with Crippen molar-refractivity contribution in [2.24, 2.45) is 5.92 Å². The molecule has 0 aromatic carbocycles. The van der Waals surface area contributed by atoms with Crippen LogP contribution in [0.5, 0.6) is 0 Å². The molecule has 0 bridgehead atoms. The van der Waals surface area contributed by atoms with E-state index in [0.29, 0.717) is 32.7 Å². The third-order valence-corrected chi connectivity index (χ3v) is 4.39. The molecular weight excluding hydrogens is 334 g/mol. The number of hydrogen-bond acceptors (Lipinski definition) is 3. The Morgan fingerprint density at radius 3 is 2.88 bits per heavy atom. The van der Waals surface area contributed by atoms with E-state index < -0.39 is 12.5 Å². The Morgan fingerprint density at radius 2 is 2.20 bits per heavy atom. The maximum absolute atomic E-state index is 13.4. The molecule has 1 aromatic heterocycles. The van der Waals surface area contributed by atoms with E-state index in [1.54, 1.807) is 4.90 Å². The second kappa shape index (κ2) is 6.85. The molecule has 25 heavy (non-hydrogen) atoms. The van der Waals surface area contributed by atoms with Crippen LogP contribution >= 0.6 is 0 Å². The van der Waals surface area contributed by atoms with Crippen LogP contribution in [-0.2, 0) is 6.54 Å². The maximum atomic E-state index is 13.4. The molecule has 138 valence electrons. The van der Waals surface area contributed by atoms with Crippen molar-refractivity contribution in [3.63, 3.8) is 0 Å². The number of carbonyl (C=O) groups excluding carboxylic acids is 2.